The number of aliphatic hydroxyl groups is 1. The molecule has 1 fully saturated rings. The van der Waals surface area contributed by atoms with Crippen LogP contribution in [0.25, 0.3) is 0 Å². The van der Waals surface area contributed by atoms with Gasteiger partial charge in [-0.3, -0.25) is 0 Å². The molecule has 0 bridgehead atoms. The van der Waals surface area contributed by atoms with Crippen molar-refractivity contribution >= 4 is 16.0 Å². The Morgan fingerprint density at radius 1 is 1.35 bits per heavy atom. The zero-order valence-corrected chi connectivity index (χ0v) is 15.0. The summed E-state index contributed by atoms with van der Waals surface area (Å²) in [7, 11) is -2.64. The highest BCUT2D eigenvalue weighted by atomic mass is 32.2. The van der Waals surface area contributed by atoms with Gasteiger partial charge in [-0.05, 0) is 31.0 Å². The van der Waals surface area contributed by atoms with Gasteiger partial charge in [0.05, 0.1) is 18.8 Å². The van der Waals surface area contributed by atoms with E-state index in [1.165, 1.54) is 19.3 Å². The average Bonchev–Trinajstić information content (AvgIpc) is 3.25. The molecule has 7 nitrogen and oxygen atoms in total. The van der Waals surface area contributed by atoms with E-state index in [2.05, 4.69) is 5.10 Å². The van der Waals surface area contributed by atoms with E-state index in [-0.39, 0.29) is 24.5 Å². The Labute approximate surface area is 150 Å². The zero-order chi connectivity index (χ0) is 18.9. The molecule has 1 saturated heterocycles. The summed E-state index contributed by atoms with van der Waals surface area (Å²) in [6.45, 7) is 0.0856. The molecule has 1 unspecified atom stereocenters. The molecule has 0 saturated carbocycles. The summed E-state index contributed by atoms with van der Waals surface area (Å²) in [4.78, 5) is 1.72. The average molecular weight is 386 g/mol. The lowest BCUT2D eigenvalue weighted by molar-refractivity contribution is 0.265. The van der Waals surface area contributed by atoms with Crippen LogP contribution in [0.15, 0.2) is 30.5 Å². The van der Waals surface area contributed by atoms with Crippen molar-refractivity contribution in [2.24, 2.45) is 0 Å². The standard InChI is InChI=1S/C16H20F2N4O3S/c1-20(9-10-23)26(24,25)22-16(6-7-19-22)21-8-2-3-15(21)13-11-12(17)4-5-14(13)18/h4-7,11,15,23H,2-3,8-10H2,1H3. The lowest BCUT2D eigenvalue weighted by Crippen LogP contribution is -2.37. The second-order valence-corrected chi connectivity index (χ2v) is 7.97. The van der Waals surface area contributed by atoms with Gasteiger partial charge in [0, 0.05) is 31.8 Å². The first-order valence-corrected chi connectivity index (χ1v) is 9.59. The van der Waals surface area contributed by atoms with Gasteiger partial charge in [-0.15, -0.1) is 4.09 Å². The second-order valence-electron chi connectivity index (χ2n) is 6.10. The van der Waals surface area contributed by atoms with Crippen molar-refractivity contribution in [1.82, 2.24) is 13.5 Å². The number of rotatable bonds is 6. The van der Waals surface area contributed by atoms with Crippen molar-refractivity contribution in [3.05, 3.63) is 47.7 Å². The third kappa shape index (κ3) is 3.31. The molecule has 2 aromatic rings. The Bertz CT molecular complexity index is 887. The minimum absolute atomic E-state index is 0.0798. The maximum absolute atomic E-state index is 14.2. The van der Waals surface area contributed by atoms with E-state index in [9.17, 15) is 17.2 Å². The summed E-state index contributed by atoms with van der Waals surface area (Å²) in [6.07, 6.45) is 2.62. The molecule has 26 heavy (non-hydrogen) atoms. The molecule has 1 aromatic carbocycles. The summed E-state index contributed by atoms with van der Waals surface area (Å²) >= 11 is 0. The van der Waals surface area contributed by atoms with E-state index < -0.39 is 27.9 Å². The molecule has 1 aromatic heterocycles. The van der Waals surface area contributed by atoms with Crippen molar-refractivity contribution in [2.45, 2.75) is 18.9 Å². The summed E-state index contributed by atoms with van der Waals surface area (Å²) in [5, 5.41) is 12.9. The van der Waals surface area contributed by atoms with Crippen LogP contribution in [-0.4, -0.2) is 53.8 Å². The molecule has 0 amide bonds. The summed E-state index contributed by atoms with van der Waals surface area (Å²) in [6, 6.07) is 4.31. The monoisotopic (exact) mass is 386 g/mol. The molecule has 0 spiro atoms. The van der Waals surface area contributed by atoms with Gasteiger partial charge in [0.25, 0.3) is 0 Å². The minimum atomic E-state index is -3.98. The normalized spacial score (nSPS) is 18.0. The van der Waals surface area contributed by atoms with Crippen molar-refractivity contribution in [3.8, 4) is 0 Å². The van der Waals surface area contributed by atoms with Gasteiger partial charge in [0.15, 0.2) is 0 Å². The van der Waals surface area contributed by atoms with E-state index in [1.807, 2.05) is 0 Å². The first-order valence-electron chi connectivity index (χ1n) is 8.19. The van der Waals surface area contributed by atoms with Crippen LogP contribution in [0.1, 0.15) is 24.4 Å². The molecular formula is C16H20F2N4O3S. The number of likely N-dealkylation sites (N-methyl/N-ethyl adjacent to an activating group) is 1. The highest BCUT2D eigenvalue weighted by Crippen LogP contribution is 2.37. The van der Waals surface area contributed by atoms with Crippen LogP contribution in [0, 0.1) is 11.6 Å². The maximum atomic E-state index is 14.2. The van der Waals surface area contributed by atoms with Gasteiger partial charge < -0.3 is 10.0 Å². The first-order chi connectivity index (χ1) is 12.4. The number of aromatic nitrogens is 2. The second kappa shape index (κ2) is 7.29. The van der Waals surface area contributed by atoms with Crippen LogP contribution in [0.5, 0.6) is 0 Å². The molecule has 1 aliphatic rings. The highest BCUT2D eigenvalue weighted by molar-refractivity contribution is 7.87. The number of aliphatic hydroxyl groups excluding tert-OH is 1. The molecule has 0 radical (unpaired) electrons. The number of nitrogens with zero attached hydrogens (tertiary/aromatic N) is 4. The molecule has 1 aliphatic heterocycles. The lowest BCUT2D eigenvalue weighted by Gasteiger charge is -2.28. The fourth-order valence-corrected chi connectivity index (χ4v) is 4.34. The van der Waals surface area contributed by atoms with Crippen LogP contribution >= 0.6 is 0 Å². The van der Waals surface area contributed by atoms with Crippen molar-refractivity contribution in [3.63, 3.8) is 0 Å². The molecule has 1 atom stereocenters. The number of anilines is 1. The number of benzene rings is 1. The van der Waals surface area contributed by atoms with E-state index in [0.717, 1.165) is 26.6 Å². The number of hydrogen-bond donors (Lipinski definition) is 1. The van der Waals surface area contributed by atoms with Gasteiger partial charge in [-0.25, -0.2) is 8.78 Å². The highest BCUT2D eigenvalue weighted by Gasteiger charge is 2.33. The van der Waals surface area contributed by atoms with Crippen LogP contribution < -0.4 is 4.90 Å². The quantitative estimate of drug-likeness (QED) is 0.814. The Balaban J connectivity index is 2.00. The Morgan fingerprint density at radius 3 is 2.85 bits per heavy atom. The van der Waals surface area contributed by atoms with Crippen LogP contribution in [0.4, 0.5) is 14.6 Å². The zero-order valence-electron chi connectivity index (χ0n) is 14.2. The predicted octanol–water partition coefficient (Wildman–Crippen LogP) is 1.52. The molecule has 3 rings (SSSR count). The lowest BCUT2D eigenvalue weighted by atomic mass is 10.0. The van der Waals surface area contributed by atoms with Crippen LogP contribution in [0.3, 0.4) is 0 Å². The van der Waals surface area contributed by atoms with Gasteiger partial charge in [-0.1, -0.05) is 0 Å². The minimum Gasteiger partial charge on any atom is -0.395 e. The van der Waals surface area contributed by atoms with Crippen molar-refractivity contribution in [2.75, 3.05) is 31.6 Å². The summed E-state index contributed by atoms with van der Waals surface area (Å²) in [5.41, 5.74) is 0.191. The maximum Gasteiger partial charge on any atom is 0.324 e. The molecule has 2 heterocycles. The third-order valence-corrected chi connectivity index (χ3v) is 6.17. The van der Waals surface area contributed by atoms with Gasteiger partial charge >= 0.3 is 10.2 Å². The van der Waals surface area contributed by atoms with Gasteiger partial charge in [0.1, 0.15) is 17.5 Å². The number of hydrogen-bond acceptors (Lipinski definition) is 5. The van der Waals surface area contributed by atoms with E-state index >= 15 is 0 Å². The summed E-state index contributed by atoms with van der Waals surface area (Å²) < 4.78 is 55.0. The van der Waals surface area contributed by atoms with Crippen molar-refractivity contribution < 1.29 is 22.3 Å². The third-order valence-electron chi connectivity index (χ3n) is 4.48. The van der Waals surface area contributed by atoms with E-state index in [4.69, 9.17) is 5.11 Å². The Hall–Kier alpha value is -2.04. The topological polar surface area (TPSA) is 78.7 Å². The summed E-state index contributed by atoms with van der Waals surface area (Å²) in [5.74, 6) is -0.798. The Kier molecular flexibility index (Phi) is 5.26. The predicted molar refractivity (Wildman–Crippen MR) is 91.9 cm³/mol. The molecule has 10 heteroatoms. The largest absolute Gasteiger partial charge is 0.395 e. The molecule has 142 valence electrons. The van der Waals surface area contributed by atoms with Gasteiger partial charge in [0.2, 0.25) is 0 Å². The first kappa shape index (κ1) is 18.7. The fraction of sp³-hybridized carbons (Fsp3) is 0.438. The van der Waals surface area contributed by atoms with Crippen molar-refractivity contribution in [1.29, 1.82) is 0 Å². The van der Waals surface area contributed by atoms with E-state index in [0.29, 0.717) is 19.4 Å². The smallest absolute Gasteiger partial charge is 0.324 e. The van der Waals surface area contributed by atoms with Crippen LogP contribution in [-0.2, 0) is 10.2 Å². The SMILES string of the molecule is CN(CCO)S(=O)(=O)n1nccc1N1CCCC1c1cc(F)ccc1F. The number of halogens is 2. The molecule has 1 N–H and O–H groups in total. The Morgan fingerprint density at radius 2 is 2.12 bits per heavy atom. The van der Waals surface area contributed by atoms with E-state index in [1.54, 1.807) is 4.90 Å². The molecular weight excluding hydrogens is 366 g/mol. The molecule has 0 aliphatic carbocycles. The van der Waals surface area contributed by atoms with Crippen LogP contribution in [0.2, 0.25) is 0 Å². The van der Waals surface area contributed by atoms with Gasteiger partial charge in [-0.2, -0.15) is 17.8 Å². The fourth-order valence-electron chi connectivity index (χ4n) is 3.19.